The third-order valence-electron chi connectivity index (χ3n) is 9.00. The van der Waals surface area contributed by atoms with Gasteiger partial charge in [0.15, 0.2) is 5.75 Å². The molecular weight excluding hydrogens is 717 g/mol. The summed E-state index contributed by atoms with van der Waals surface area (Å²) in [5, 5.41) is 4.01. The largest absolute Gasteiger partial charge is 0.490 e. The highest BCUT2D eigenvalue weighted by Gasteiger charge is 2.37. The van der Waals surface area contributed by atoms with Crippen LogP contribution in [0.15, 0.2) is 71.2 Å². The predicted molar refractivity (Wildman–Crippen MR) is 188 cm³/mol. The number of nitrogens with one attached hydrogen (secondary N) is 1. The molecule has 5 nitrogen and oxygen atoms in total. The Bertz CT molecular complexity index is 2140. The molecule has 0 fully saturated rings. The molecule has 260 valence electrons. The zero-order valence-corrected chi connectivity index (χ0v) is 29.7. The van der Waals surface area contributed by atoms with Crippen LogP contribution in [-0.4, -0.2) is 29.7 Å². The molecule has 1 aliphatic rings. The third kappa shape index (κ3) is 6.92. The first-order valence-corrected chi connectivity index (χ1v) is 17.0. The van der Waals surface area contributed by atoms with Crippen LogP contribution in [0.25, 0.3) is 27.9 Å². The van der Waals surface area contributed by atoms with E-state index in [1.807, 2.05) is 26.0 Å². The van der Waals surface area contributed by atoms with Crippen LogP contribution < -0.4 is 14.8 Å². The number of halogens is 6. The number of aryl methyl sites for hydroxylation is 2. The van der Waals surface area contributed by atoms with Gasteiger partial charge in [0.2, 0.25) is 0 Å². The minimum atomic E-state index is -3.06. The minimum Gasteiger partial charge on any atom is -0.490 e. The number of allylic oxidation sites excluding steroid dienone is 1. The fraction of sp³-hybridized carbons (Fsp3) is 0.282. The monoisotopic (exact) mass is 751 g/mol. The maximum Gasteiger partial charge on any atom is 0.387 e. The molecule has 1 atom stereocenters. The van der Waals surface area contributed by atoms with Crippen molar-refractivity contribution in [3.63, 3.8) is 0 Å². The Morgan fingerprint density at radius 2 is 1.82 bits per heavy atom. The van der Waals surface area contributed by atoms with Crippen molar-refractivity contribution in [1.29, 1.82) is 0 Å². The Morgan fingerprint density at radius 1 is 1.04 bits per heavy atom. The van der Waals surface area contributed by atoms with Gasteiger partial charge in [0.25, 0.3) is 0 Å². The number of hydrogen-bond acceptors (Lipinski definition) is 5. The Balaban J connectivity index is 1.47. The highest BCUT2D eigenvalue weighted by atomic mass is 79.9. The van der Waals surface area contributed by atoms with Crippen LogP contribution in [0.2, 0.25) is 0 Å². The molecule has 1 aliphatic heterocycles. The Labute approximate surface area is 295 Å². The lowest BCUT2D eigenvalue weighted by Gasteiger charge is -2.24. The zero-order valence-electron chi connectivity index (χ0n) is 28.1. The highest BCUT2D eigenvalue weighted by Crippen LogP contribution is 2.46. The van der Waals surface area contributed by atoms with E-state index < -0.39 is 35.4 Å². The first kappa shape index (κ1) is 35.3. The van der Waals surface area contributed by atoms with Crippen LogP contribution in [0.4, 0.5) is 22.0 Å². The third-order valence-corrected chi connectivity index (χ3v) is 9.81. The molecular formula is C39H35BrF5N3O2. The first-order chi connectivity index (χ1) is 23.8. The summed E-state index contributed by atoms with van der Waals surface area (Å²) in [6, 6.07) is 15.5. The lowest BCUT2D eigenvalue weighted by Crippen LogP contribution is -2.23. The van der Waals surface area contributed by atoms with Crippen LogP contribution in [-0.2, 0) is 11.8 Å². The number of aromatic nitrogens is 2. The molecule has 0 saturated heterocycles. The van der Waals surface area contributed by atoms with Crippen LogP contribution >= 0.6 is 15.9 Å². The molecule has 1 unspecified atom stereocenters. The van der Waals surface area contributed by atoms with E-state index in [4.69, 9.17) is 14.5 Å². The fourth-order valence-electron chi connectivity index (χ4n) is 6.30. The average Bonchev–Trinajstić information content (AvgIpc) is 3.37. The van der Waals surface area contributed by atoms with Gasteiger partial charge in [-0.3, -0.25) is 0 Å². The van der Waals surface area contributed by atoms with Crippen molar-refractivity contribution in [3.05, 3.63) is 122 Å². The lowest BCUT2D eigenvalue weighted by molar-refractivity contribution is -0.0489. The van der Waals surface area contributed by atoms with Gasteiger partial charge < -0.3 is 14.8 Å². The summed E-state index contributed by atoms with van der Waals surface area (Å²) in [4.78, 5) is 9.41. The number of pyridine rings is 2. The smallest absolute Gasteiger partial charge is 0.387 e. The van der Waals surface area contributed by atoms with E-state index in [9.17, 15) is 17.6 Å². The van der Waals surface area contributed by atoms with Gasteiger partial charge in [-0.1, -0.05) is 39.0 Å². The van der Waals surface area contributed by atoms with E-state index in [0.717, 1.165) is 11.6 Å². The van der Waals surface area contributed by atoms with Crippen molar-refractivity contribution in [3.8, 4) is 22.8 Å². The Kier molecular flexibility index (Phi) is 9.90. The summed E-state index contributed by atoms with van der Waals surface area (Å²) in [7, 11) is 0. The van der Waals surface area contributed by atoms with Crippen molar-refractivity contribution >= 4 is 32.5 Å². The number of ether oxygens (including phenoxy) is 2. The van der Waals surface area contributed by atoms with Crippen molar-refractivity contribution < 1.29 is 31.4 Å². The van der Waals surface area contributed by atoms with Crippen LogP contribution in [0, 0.1) is 24.4 Å². The second-order valence-corrected chi connectivity index (χ2v) is 13.7. The standard InChI is InChI=1S/C39H35BrF5N3O2/c1-6-21-13-26(31(43)17-30(21)42)36-37-28(39(4,5)19-49-37)16-33(48-36)27(22-9-8-10-25(41)12-22)18-46-32(7-2)23-11-24-14-29(40)20(3)47-35(24)34(15-23)50-38(44)45/h7-17,27,38,46H,6,18-19H2,1-5H3. The maximum atomic E-state index is 15.5. The highest BCUT2D eigenvalue weighted by molar-refractivity contribution is 9.10. The number of nitrogens with zero attached hydrogens (tertiary/aromatic N) is 2. The van der Waals surface area contributed by atoms with Crippen molar-refractivity contribution in [2.45, 2.75) is 59.0 Å². The van der Waals surface area contributed by atoms with Gasteiger partial charge >= 0.3 is 6.61 Å². The van der Waals surface area contributed by atoms with E-state index in [-0.39, 0.29) is 23.6 Å². The van der Waals surface area contributed by atoms with Gasteiger partial charge in [0, 0.05) is 56.2 Å². The molecule has 11 heteroatoms. The molecule has 0 saturated carbocycles. The second-order valence-electron chi connectivity index (χ2n) is 12.9. The zero-order chi connectivity index (χ0) is 35.9. The van der Waals surface area contributed by atoms with Crippen molar-refractivity contribution in [2.24, 2.45) is 0 Å². The van der Waals surface area contributed by atoms with E-state index >= 15 is 4.39 Å². The van der Waals surface area contributed by atoms with E-state index in [1.54, 1.807) is 45.0 Å². The molecule has 3 heterocycles. The molecule has 50 heavy (non-hydrogen) atoms. The van der Waals surface area contributed by atoms with Crippen LogP contribution in [0.1, 0.15) is 67.3 Å². The van der Waals surface area contributed by atoms with E-state index in [1.165, 1.54) is 24.3 Å². The van der Waals surface area contributed by atoms with E-state index in [2.05, 4.69) is 26.2 Å². The molecule has 0 amide bonds. The number of fused-ring (bicyclic) bond motifs is 2. The van der Waals surface area contributed by atoms with E-state index in [0.29, 0.717) is 67.9 Å². The molecule has 0 bridgehead atoms. The number of benzene rings is 3. The molecule has 5 aromatic rings. The van der Waals surface area contributed by atoms with Gasteiger partial charge in [-0.05, 0) is 89.8 Å². The number of alkyl halides is 2. The normalized spacial score (nSPS) is 14.5. The summed E-state index contributed by atoms with van der Waals surface area (Å²) >= 11 is 3.48. The fourth-order valence-corrected chi connectivity index (χ4v) is 6.64. The molecule has 6 rings (SSSR count). The maximum absolute atomic E-state index is 15.5. The SMILES string of the molecule is CC=C(NCC(c1cccc(F)c1)c1cc2c(c(-c3cc(CC)c(F)cc3F)n1)OCC2(C)C)c1cc(OC(F)F)c2nc(C)c(Br)cc2c1. The number of rotatable bonds is 10. The summed E-state index contributed by atoms with van der Waals surface area (Å²) in [6.07, 6.45) is 2.14. The average molecular weight is 753 g/mol. The molecule has 0 radical (unpaired) electrons. The summed E-state index contributed by atoms with van der Waals surface area (Å²) in [6.45, 7) is 6.80. The van der Waals surface area contributed by atoms with Gasteiger partial charge in [0.1, 0.15) is 34.4 Å². The Hall–Kier alpha value is -4.51. The summed E-state index contributed by atoms with van der Waals surface area (Å²) in [5.41, 5.74) is 4.18. The summed E-state index contributed by atoms with van der Waals surface area (Å²) < 4.78 is 83.6. The van der Waals surface area contributed by atoms with Gasteiger partial charge in [0.05, 0.1) is 18.0 Å². The van der Waals surface area contributed by atoms with Crippen LogP contribution in [0.5, 0.6) is 11.5 Å². The predicted octanol–water partition coefficient (Wildman–Crippen LogP) is 10.4. The second kappa shape index (κ2) is 14.0. The molecule has 0 spiro atoms. The van der Waals surface area contributed by atoms with Crippen molar-refractivity contribution in [1.82, 2.24) is 15.3 Å². The van der Waals surface area contributed by atoms with Crippen LogP contribution in [0.3, 0.4) is 0 Å². The topological polar surface area (TPSA) is 56.3 Å². The minimum absolute atomic E-state index is 0.0779. The Morgan fingerprint density at radius 3 is 2.52 bits per heavy atom. The summed E-state index contributed by atoms with van der Waals surface area (Å²) in [5.74, 6) is -2.10. The first-order valence-electron chi connectivity index (χ1n) is 16.2. The van der Waals surface area contributed by atoms with Gasteiger partial charge in [-0.2, -0.15) is 8.78 Å². The molecule has 3 aromatic carbocycles. The van der Waals surface area contributed by atoms with Gasteiger partial charge in [-0.15, -0.1) is 0 Å². The number of hydrogen-bond donors (Lipinski definition) is 1. The molecule has 0 aliphatic carbocycles. The van der Waals surface area contributed by atoms with Crippen molar-refractivity contribution in [2.75, 3.05) is 13.2 Å². The van der Waals surface area contributed by atoms with Gasteiger partial charge in [-0.25, -0.2) is 23.1 Å². The molecule has 1 N–H and O–H groups in total. The lowest BCUT2D eigenvalue weighted by atomic mass is 9.84. The quantitative estimate of drug-likeness (QED) is 0.144. The molecule has 2 aromatic heterocycles.